The number of aliphatic hydroxyl groups excluding tert-OH is 1. The molecule has 10 rings (SSSR count). The van der Waals surface area contributed by atoms with Gasteiger partial charge in [-0.05, 0) is 71.5 Å². The van der Waals surface area contributed by atoms with Gasteiger partial charge in [-0.15, -0.1) is 0 Å². The van der Waals surface area contributed by atoms with Crippen LogP contribution in [0.4, 0.5) is 11.6 Å². The predicted octanol–water partition coefficient (Wildman–Crippen LogP) is 9.57. The zero-order chi connectivity index (χ0) is 42.0. The van der Waals surface area contributed by atoms with Crippen molar-refractivity contribution in [3.05, 3.63) is 108 Å². The summed E-state index contributed by atoms with van der Waals surface area (Å²) in [6.45, 7) is 10.1. The van der Waals surface area contributed by atoms with E-state index in [9.17, 15) is 0 Å². The lowest BCUT2D eigenvalue weighted by Crippen LogP contribution is -2.11. The van der Waals surface area contributed by atoms with Gasteiger partial charge in [0.25, 0.3) is 0 Å². The Morgan fingerprint density at radius 3 is 1.67 bits per heavy atom. The third-order valence-corrected chi connectivity index (χ3v) is 11.0. The van der Waals surface area contributed by atoms with Crippen LogP contribution >= 0.6 is 15.9 Å². The lowest BCUT2D eigenvalue weighted by molar-refractivity contribution is 0.350. The van der Waals surface area contributed by atoms with Crippen molar-refractivity contribution in [3.63, 3.8) is 0 Å². The Kier molecular flexibility index (Phi) is 11.4. The largest absolute Gasteiger partial charge is 0.384 e. The number of aromatic nitrogens is 10. The van der Waals surface area contributed by atoms with E-state index in [4.69, 9.17) is 5.11 Å². The summed E-state index contributed by atoms with van der Waals surface area (Å²) in [4.78, 5) is 34.6. The minimum atomic E-state index is -0.208. The summed E-state index contributed by atoms with van der Waals surface area (Å²) in [6, 6.07) is 16.9. The van der Waals surface area contributed by atoms with E-state index in [1.54, 1.807) is 0 Å². The van der Waals surface area contributed by atoms with Gasteiger partial charge in [0, 0.05) is 59.6 Å². The smallest absolute Gasteiger partial charge is 0.180 e. The second-order valence-corrected chi connectivity index (χ2v) is 17.5. The third kappa shape index (κ3) is 9.08. The fraction of sp³-hybridized carbons (Fsp3) is 0.319. The van der Waals surface area contributed by atoms with Gasteiger partial charge < -0.3 is 25.7 Å². The van der Waals surface area contributed by atoms with Gasteiger partial charge >= 0.3 is 0 Å². The molecule has 6 heterocycles. The standard InChI is InChI=1S/C25H26N6O.C22H23BrN6/c1-16(2)12-26-24-25-28-14-22(31(25)15-20(29-24)7-4-10-32)19-6-3-5-18(11-19)21-13-27-23(30-21)17-8-9-17;1-13(2)9-24-21-22-26-11-18(29(22)12-19(23)28-21)16-5-3-4-15(8-16)17-10-25-20(27-17)14-6-7-14/h3,5-6,11,13-17,32H,8-10,12H2,1-2H3,(H,26,29)(H,27,30);3-5,8,10-14H,6-7,9H2,1-2H3,(H,24,28)(H,25,27). The second kappa shape index (κ2) is 17.4. The van der Waals surface area contributed by atoms with E-state index in [2.05, 4.69) is 153 Å². The third-order valence-electron chi connectivity index (χ3n) is 10.7. The van der Waals surface area contributed by atoms with Gasteiger partial charge in [0.2, 0.25) is 0 Å². The molecule has 13 nitrogen and oxygen atoms in total. The minimum Gasteiger partial charge on any atom is -0.384 e. The summed E-state index contributed by atoms with van der Waals surface area (Å²) in [6.07, 6.45) is 16.4. The quantitative estimate of drug-likeness (QED) is 0.0753. The number of H-pyrrole nitrogens is 2. The molecular formula is C47H49BrN12O. The van der Waals surface area contributed by atoms with Crippen LogP contribution in [-0.4, -0.2) is 73.5 Å². The van der Waals surface area contributed by atoms with Crippen LogP contribution in [0.1, 0.15) is 82.6 Å². The van der Waals surface area contributed by atoms with Gasteiger partial charge in [-0.25, -0.2) is 29.9 Å². The number of rotatable bonds is 12. The number of imidazole rings is 4. The first-order valence-corrected chi connectivity index (χ1v) is 21.8. The summed E-state index contributed by atoms with van der Waals surface area (Å²) in [5.74, 6) is 11.5. The maximum Gasteiger partial charge on any atom is 0.180 e. The molecule has 61 heavy (non-hydrogen) atoms. The molecule has 5 N–H and O–H groups in total. The second-order valence-electron chi connectivity index (χ2n) is 16.6. The van der Waals surface area contributed by atoms with Crippen molar-refractivity contribution >= 4 is 38.9 Å². The number of halogens is 1. The summed E-state index contributed by atoms with van der Waals surface area (Å²) in [7, 11) is 0. The Labute approximate surface area is 363 Å². The molecule has 2 aliphatic carbocycles. The molecule has 0 radical (unpaired) electrons. The van der Waals surface area contributed by atoms with E-state index < -0.39 is 0 Å². The molecule has 2 saturated carbocycles. The molecule has 8 aromatic rings. The van der Waals surface area contributed by atoms with Crippen LogP contribution in [-0.2, 0) is 0 Å². The highest BCUT2D eigenvalue weighted by Crippen LogP contribution is 2.40. The van der Waals surface area contributed by atoms with E-state index in [1.165, 1.54) is 25.7 Å². The Bertz CT molecular complexity index is 2880. The van der Waals surface area contributed by atoms with Crippen LogP contribution in [0.5, 0.6) is 0 Å². The highest BCUT2D eigenvalue weighted by Gasteiger charge is 2.27. The van der Waals surface area contributed by atoms with E-state index in [1.807, 2.05) is 47.6 Å². The van der Waals surface area contributed by atoms with E-state index >= 15 is 0 Å². The summed E-state index contributed by atoms with van der Waals surface area (Å²) in [5, 5.41) is 15.9. The Hall–Kier alpha value is -6.30. The maximum absolute atomic E-state index is 9.11. The number of fused-ring (bicyclic) bond motifs is 2. The van der Waals surface area contributed by atoms with Crippen molar-refractivity contribution in [1.82, 2.24) is 48.7 Å². The zero-order valence-corrected chi connectivity index (χ0v) is 36.3. The molecule has 0 amide bonds. The van der Waals surface area contributed by atoms with Crippen molar-refractivity contribution < 1.29 is 5.11 Å². The molecule has 14 heteroatoms. The van der Waals surface area contributed by atoms with Crippen molar-refractivity contribution in [2.75, 3.05) is 30.3 Å². The number of aromatic amines is 2. The van der Waals surface area contributed by atoms with Crippen LogP contribution in [0.3, 0.4) is 0 Å². The van der Waals surface area contributed by atoms with Gasteiger partial charge in [-0.3, -0.25) is 8.80 Å². The highest BCUT2D eigenvalue weighted by atomic mass is 79.9. The molecule has 2 aliphatic rings. The average molecular weight is 878 g/mol. The SMILES string of the molecule is CC(C)CNc1nc(Br)cn2c(-c3cccc(-c4cnc(C5CC5)[nH]4)c3)cnc12.CC(C)CNc1nc(C#CCO)cn2c(-c3cccc(-c4cnc(C5CC5)[nH]4)c3)cnc12. The predicted molar refractivity (Wildman–Crippen MR) is 244 cm³/mol. The average Bonchev–Trinajstić information content (AvgIpc) is 4.06. The molecule has 0 aliphatic heterocycles. The zero-order valence-electron chi connectivity index (χ0n) is 34.7. The molecule has 0 atom stereocenters. The lowest BCUT2D eigenvalue weighted by Gasteiger charge is -2.11. The Morgan fingerprint density at radius 1 is 0.689 bits per heavy atom. The number of anilines is 2. The van der Waals surface area contributed by atoms with Gasteiger partial charge in [0.1, 0.15) is 28.6 Å². The number of hydrogen-bond donors (Lipinski definition) is 5. The molecule has 310 valence electrons. The number of aliphatic hydroxyl groups is 1. The molecule has 0 saturated heterocycles. The first kappa shape index (κ1) is 40.1. The summed E-state index contributed by atoms with van der Waals surface area (Å²) >= 11 is 3.54. The monoisotopic (exact) mass is 876 g/mol. The summed E-state index contributed by atoms with van der Waals surface area (Å²) < 4.78 is 4.87. The highest BCUT2D eigenvalue weighted by molar-refractivity contribution is 9.10. The Morgan fingerprint density at radius 2 is 1.18 bits per heavy atom. The van der Waals surface area contributed by atoms with Gasteiger partial charge in [-0.2, -0.15) is 0 Å². The first-order chi connectivity index (χ1) is 29.7. The van der Waals surface area contributed by atoms with Crippen LogP contribution < -0.4 is 10.6 Å². The number of benzene rings is 2. The molecular weight excluding hydrogens is 829 g/mol. The minimum absolute atomic E-state index is 0.208. The van der Waals surface area contributed by atoms with Gasteiger partial charge in [0.15, 0.2) is 22.9 Å². The van der Waals surface area contributed by atoms with Crippen molar-refractivity contribution in [2.45, 2.75) is 65.2 Å². The molecule has 0 spiro atoms. The van der Waals surface area contributed by atoms with Crippen LogP contribution in [0.25, 0.3) is 56.3 Å². The van der Waals surface area contributed by atoms with Crippen LogP contribution in [0, 0.1) is 23.7 Å². The number of nitrogens with one attached hydrogen (secondary N) is 4. The van der Waals surface area contributed by atoms with Crippen LogP contribution in [0.2, 0.25) is 0 Å². The van der Waals surface area contributed by atoms with Crippen molar-refractivity contribution in [1.29, 1.82) is 0 Å². The van der Waals surface area contributed by atoms with Crippen LogP contribution in [0.15, 0.2) is 90.3 Å². The summed E-state index contributed by atoms with van der Waals surface area (Å²) in [5.41, 5.74) is 10.6. The number of nitrogens with zero attached hydrogens (tertiary/aromatic N) is 8. The maximum atomic E-state index is 9.11. The topological polar surface area (TPSA) is 162 Å². The lowest BCUT2D eigenvalue weighted by atomic mass is 10.1. The molecule has 2 aromatic carbocycles. The van der Waals surface area contributed by atoms with Gasteiger partial charge in [0.05, 0.1) is 47.6 Å². The van der Waals surface area contributed by atoms with E-state index in [0.29, 0.717) is 35.2 Å². The van der Waals surface area contributed by atoms with Gasteiger partial charge in [-0.1, -0.05) is 70.0 Å². The van der Waals surface area contributed by atoms with E-state index in [-0.39, 0.29) is 6.61 Å². The molecule has 6 aromatic heterocycles. The fourth-order valence-corrected chi connectivity index (χ4v) is 7.57. The van der Waals surface area contributed by atoms with Crippen molar-refractivity contribution in [3.8, 4) is 56.9 Å². The van der Waals surface area contributed by atoms with Crippen molar-refractivity contribution in [2.24, 2.45) is 11.8 Å². The molecule has 0 unspecified atom stereocenters. The normalized spacial score (nSPS) is 13.7. The first-order valence-electron chi connectivity index (χ1n) is 21.0. The van der Waals surface area contributed by atoms with E-state index in [0.717, 1.165) is 91.5 Å². The Balaban J connectivity index is 0.000000157. The molecule has 0 bridgehead atoms. The number of hydrogen-bond acceptors (Lipinski definition) is 9. The molecule has 2 fully saturated rings. The fourth-order valence-electron chi connectivity index (χ4n) is 7.19.